The van der Waals surface area contributed by atoms with Crippen LogP contribution in [0.15, 0.2) is 243 Å². The van der Waals surface area contributed by atoms with E-state index >= 15 is 0 Å². The van der Waals surface area contributed by atoms with Gasteiger partial charge in [0, 0.05) is 34.1 Å². The summed E-state index contributed by atoms with van der Waals surface area (Å²) >= 11 is 0. The molecule has 0 unspecified atom stereocenters. The molecule has 57 heavy (non-hydrogen) atoms. The van der Waals surface area contributed by atoms with Crippen molar-refractivity contribution in [2.24, 2.45) is 0 Å². The van der Waals surface area contributed by atoms with Crippen molar-refractivity contribution in [2.75, 3.05) is 9.80 Å². The van der Waals surface area contributed by atoms with E-state index in [-0.39, 0.29) is 0 Å². The molecule has 0 bridgehead atoms. The van der Waals surface area contributed by atoms with Gasteiger partial charge in [0.05, 0.1) is 0 Å². The van der Waals surface area contributed by atoms with E-state index in [1.165, 1.54) is 44.5 Å². The quantitative estimate of drug-likeness (QED) is 0.138. The molecule has 9 rings (SSSR count). The van der Waals surface area contributed by atoms with Crippen LogP contribution in [0, 0.1) is 0 Å². The highest BCUT2D eigenvalue weighted by atomic mass is 15.1. The molecule has 0 amide bonds. The van der Waals surface area contributed by atoms with E-state index in [9.17, 15) is 0 Å². The molecule has 8 aromatic rings. The normalized spacial score (nSPS) is 12.3. The first-order chi connectivity index (χ1) is 28.3. The van der Waals surface area contributed by atoms with E-state index in [0.717, 1.165) is 40.5 Å². The van der Waals surface area contributed by atoms with Crippen LogP contribution in [0.3, 0.4) is 0 Å². The third-order valence-corrected chi connectivity index (χ3v) is 10.5. The van der Waals surface area contributed by atoms with Gasteiger partial charge in [0.25, 0.3) is 0 Å². The van der Waals surface area contributed by atoms with Gasteiger partial charge in [-0.25, -0.2) is 0 Å². The van der Waals surface area contributed by atoms with Crippen LogP contribution in [0.5, 0.6) is 0 Å². The Hall–Kier alpha value is -7.42. The Morgan fingerprint density at radius 3 is 1.00 bits per heavy atom. The van der Waals surface area contributed by atoms with Gasteiger partial charge in [-0.05, 0) is 124 Å². The standard InChI is InChI=1S/C55H42N2/c1-5-14-42(15-6-1)47-30-36-54(37-31-47)57(52-22-11-4-12-23-52)55-40-34-49(35-41-55)46-28-26-45(27-29-46)43-16-13-17-44(25-24-43)48-32-38-53(39-33-48)56(50-18-7-2-8-19-50)51-20-9-3-10-21-51/h1-16,18-41H,17H2. The number of para-hydroxylation sites is 3. The van der Waals surface area contributed by atoms with Gasteiger partial charge < -0.3 is 9.80 Å². The van der Waals surface area contributed by atoms with Crippen LogP contribution in [-0.4, -0.2) is 0 Å². The molecule has 272 valence electrons. The fraction of sp³-hybridized carbons (Fsp3) is 0.0182. The zero-order valence-electron chi connectivity index (χ0n) is 31.7. The maximum atomic E-state index is 2.31. The van der Waals surface area contributed by atoms with E-state index in [1.54, 1.807) is 0 Å². The molecule has 0 spiro atoms. The van der Waals surface area contributed by atoms with E-state index in [2.05, 4.69) is 252 Å². The van der Waals surface area contributed by atoms with Crippen molar-refractivity contribution in [3.63, 3.8) is 0 Å². The molecule has 2 nitrogen and oxygen atoms in total. The van der Waals surface area contributed by atoms with Gasteiger partial charge in [-0.1, -0.05) is 170 Å². The first-order valence-corrected chi connectivity index (χ1v) is 19.6. The van der Waals surface area contributed by atoms with Crippen molar-refractivity contribution in [1.29, 1.82) is 0 Å². The molecule has 0 fully saturated rings. The zero-order valence-corrected chi connectivity index (χ0v) is 31.7. The monoisotopic (exact) mass is 730 g/mol. The number of rotatable bonds is 10. The lowest BCUT2D eigenvalue weighted by atomic mass is 9.99. The molecule has 0 aromatic heterocycles. The summed E-state index contributed by atoms with van der Waals surface area (Å²) in [5.41, 5.74) is 16.5. The average molecular weight is 731 g/mol. The summed E-state index contributed by atoms with van der Waals surface area (Å²) in [7, 11) is 0. The maximum Gasteiger partial charge on any atom is 0.0462 e. The topological polar surface area (TPSA) is 6.48 Å². The summed E-state index contributed by atoms with van der Waals surface area (Å²) < 4.78 is 0. The average Bonchev–Trinajstić information content (AvgIpc) is 3.56. The molecule has 2 heteroatoms. The van der Waals surface area contributed by atoms with Crippen LogP contribution in [-0.2, 0) is 0 Å². The molecule has 1 aliphatic carbocycles. The van der Waals surface area contributed by atoms with Crippen molar-refractivity contribution in [3.05, 3.63) is 254 Å². The minimum Gasteiger partial charge on any atom is -0.311 e. The highest BCUT2D eigenvalue weighted by Crippen LogP contribution is 2.38. The Morgan fingerprint density at radius 1 is 0.263 bits per heavy atom. The van der Waals surface area contributed by atoms with Crippen molar-refractivity contribution in [2.45, 2.75) is 6.42 Å². The van der Waals surface area contributed by atoms with E-state index < -0.39 is 0 Å². The third-order valence-electron chi connectivity index (χ3n) is 10.5. The second-order valence-electron chi connectivity index (χ2n) is 14.2. The van der Waals surface area contributed by atoms with Gasteiger partial charge in [0.15, 0.2) is 0 Å². The Kier molecular flexibility index (Phi) is 10.2. The lowest BCUT2D eigenvalue weighted by Gasteiger charge is -2.26. The summed E-state index contributed by atoms with van der Waals surface area (Å²) in [5.74, 6) is 0. The van der Waals surface area contributed by atoms with E-state index in [4.69, 9.17) is 0 Å². The highest BCUT2D eigenvalue weighted by molar-refractivity contribution is 5.84. The molecular weight excluding hydrogens is 689 g/mol. The molecule has 0 aliphatic heterocycles. The van der Waals surface area contributed by atoms with Crippen LogP contribution < -0.4 is 9.80 Å². The number of anilines is 6. The first kappa shape index (κ1) is 35.3. The smallest absolute Gasteiger partial charge is 0.0462 e. The van der Waals surface area contributed by atoms with Crippen LogP contribution in [0.25, 0.3) is 33.4 Å². The largest absolute Gasteiger partial charge is 0.311 e. The van der Waals surface area contributed by atoms with Crippen LogP contribution in [0.1, 0.15) is 17.5 Å². The SMILES string of the molecule is C1=CC(c2ccc(-c3ccc(N(c4ccccc4)c4ccc(-c5ccccc5)cc4)cc3)cc2)=CC=C(c2ccc(N(c3ccccc3)c3ccccc3)cc2)C1. The minimum atomic E-state index is 0.877. The van der Waals surface area contributed by atoms with Crippen LogP contribution in [0.2, 0.25) is 0 Å². The van der Waals surface area contributed by atoms with E-state index in [1.807, 2.05) is 0 Å². The molecule has 0 saturated carbocycles. The molecule has 0 N–H and O–H groups in total. The summed E-state index contributed by atoms with van der Waals surface area (Å²) in [4.78, 5) is 4.61. The summed E-state index contributed by atoms with van der Waals surface area (Å²) in [6, 6.07) is 77.8. The van der Waals surface area contributed by atoms with Crippen LogP contribution in [0.4, 0.5) is 34.1 Å². The van der Waals surface area contributed by atoms with Crippen molar-refractivity contribution >= 4 is 45.3 Å². The second-order valence-corrected chi connectivity index (χ2v) is 14.2. The van der Waals surface area contributed by atoms with Crippen LogP contribution >= 0.6 is 0 Å². The van der Waals surface area contributed by atoms with Gasteiger partial charge in [-0.2, -0.15) is 0 Å². The first-order valence-electron chi connectivity index (χ1n) is 19.6. The number of hydrogen-bond donors (Lipinski definition) is 0. The molecule has 0 radical (unpaired) electrons. The molecule has 1 aliphatic rings. The Bertz CT molecular complexity index is 2590. The Labute approximate surface area is 336 Å². The number of hydrogen-bond acceptors (Lipinski definition) is 2. The molecule has 0 saturated heterocycles. The van der Waals surface area contributed by atoms with Gasteiger partial charge in [-0.15, -0.1) is 0 Å². The lowest BCUT2D eigenvalue weighted by molar-refractivity contribution is 1.28. The van der Waals surface area contributed by atoms with Crippen molar-refractivity contribution < 1.29 is 0 Å². The summed E-state index contributed by atoms with van der Waals surface area (Å²) in [6.45, 7) is 0. The molecule has 0 heterocycles. The second kappa shape index (κ2) is 16.5. The van der Waals surface area contributed by atoms with Crippen molar-refractivity contribution in [1.82, 2.24) is 0 Å². The summed E-state index contributed by atoms with van der Waals surface area (Å²) in [5, 5.41) is 0. The third kappa shape index (κ3) is 7.89. The van der Waals surface area contributed by atoms with Crippen molar-refractivity contribution in [3.8, 4) is 22.3 Å². The molecule has 0 atom stereocenters. The Balaban J connectivity index is 0.921. The number of nitrogens with zero attached hydrogens (tertiary/aromatic N) is 2. The highest BCUT2D eigenvalue weighted by Gasteiger charge is 2.15. The molecule has 8 aromatic carbocycles. The van der Waals surface area contributed by atoms with Gasteiger partial charge in [0.1, 0.15) is 0 Å². The maximum absolute atomic E-state index is 2.31. The summed E-state index contributed by atoms with van der Waals surface area (Å²) in [6.07, 6.45) is 9.93. The predicted octanol–water partition coefficient (Wildman–Crippen LogP) is 15.4. The minimum absolute atomic E-state index is 0.877. The van der Waals surface area contributed by atoms with E-state index in [0.29, 0.717) is 0 Å². The van der Waals surface area contributed by atoms with Gasteiger partial charge >= 0.3 is 0 Å². The van der Waals surface area contributed by atoms with Gasteiger partial charge in [0.2, 0.25) is 0 Å². The number of allylic oxidation sites excluding steroid dienone is 6. The lowest BCUT2D eigenvalue weighted by Crippen LogP contribution is -2.09. The number of benzene rings is 8. The van der Waals surface area contributed by atoms with Gasteiger partial charge in [-0.3, -0.25) is 0 Å². The fourth-order valence-electron chi connectivity index (χ4n) is 7.58. The predicted molar refractivity (Wildman–Crippen MR) is 243 cm³/mol. The Morgan fingerprint density at radius 2 is 0.579 bits per heavy atom. The zero-order chi connectivity index (χ0) is 38.2. The molecular formula is C55H42N2. The fourth-order valence-corrected chi connectivity index (χ4v) is 7.58.